The van der Waals surface area contributed by atoms with Crippen molar-refractivity contribution in [1.29, 1.82) is 0 Å². The highest BCUT2D eigenvalue weighted by Gasteiger charge is 2.44. The zero-order valence-corrected chi connectivity index (χ0v) is 26.9. The number of ether oxygens (including phenoxy) is 3. The smallest absolute Gasteiger partial charge is 0.461 e. The number of carbonyl (C=O) groups excluding carboxylic acids is 1. The number of alkyl halides is 10. The van der Waals surface area contributed by atoms with E-state index < -0.39 is 71.4 Å². The van der Waals surface area contributed by atoms with Crippen LogP contribution in [0.25, 0.3) is 0 Å². The topological polar surface area (TPSA) is 44.8 Å². The normalized spacial score (nSPS) is 14.9. The molecule has 0 spiro atoms. The molecule has 0 amide bonds. The van der Waals surface area contributed by atoms with Crippen molar-refractivity contribution in [1.82, 2.24) is 0 Å². The number of esters is 1. The van der Waals surface area contributed by atoms with Crippen LogP contribution in [-0.2, 0) is 28.3 Å². The molecule has 1 aliphatic rings. The van der Waals surface area contributed by atoms with Crippen molar-refractivity contribution in [2.45, 2.75) is 90.0 Å². The lowest BCUT2D eigenvalue weighted by Crippen LogP contribution is -2.33. The lowest BCUT2D eigenvalue weighted by Gasteiger charge is -2.23. The summed E-state index contributed by atoms with van der Waals surface area (Å²) >= 11 is 0. The van der Waals surface area contributed by atoms with Crippen LogP contribution >= 0.6 is 0 Å². The summed E-state index contributed by atoms with van der Waals surface area (Å²) in [6.45, 7) is 5.88. The van der Waals surface area contributed by atoms with E-state index in [4.69, 9.17) is 9.47 Å². The molecule has 3 aromatic rings. The summed E-state index contributed by atoms with van der Waals surface area (Å²) in [7, 11) is 0. The fraction of sp³-hybridized carbons (Fsp3) is 0.441. The van der Waals surface area contributed by atoms with Gasteiger partial charge < -0.3 is 14.2 Å². The van der Waals surface area contributed by atoms with Crippen LogP contribution in [0.4, 0.5) is 52.7 Å². The van der Waals surface area contributed by atoms with E-state index in [-0.39, 0.29) is 41.4 Å². The molecule has 0 heterocycles. The molecule has 4 rings (SSSR count). The minimum absolute atomic E-state index is 0.0134. The summed E-state index contributed by atoms with van der Waals surface area (Å²) in [6.07, 6.45) is -17.9. The van der Waals surface area contributed by atoms with Crippen molar-refractivity contribution in [2.24, 2.45) is 5.92 Å². The van der Waals surface area contributed by atoms with E-state index in [2.05, 4.69) is 4.74 Å². The Hall–Kier alpha value is -4.11. The number of rotatable bonds is 11. The maximum Gasteiger partial charge on any atom is 0.461 e. The van der Waals surface area contributed by atoms with E-state index in [0.29, 0.717) is 23.8 Å². The number of hydrogen-bond donors (Lipinski definition) is 0. The number of benzene rings is 3. The molecule has 0 bridgehead atoms. The van der Waals surface area contributed by atoms with Crippen LogP contribution in [0.15, 0.2) is 54.6 Å². The zero-order chi connectivity index (χ0) is 37.8. The Bertz CT molecular complexity index is 1580. The van der Waals surface area contributed by atoms with Gasteiger partial charge in [-0.05, 0) is 90.3 Å². The molecule has 1 saturated carbocycles. The Labute approximate surface area is 279 Å². The summed E-state index contributed by atoms with van der Waals surface area (Å²) in [5.74, 6) is -3.46. The van der Waals surface area contributed by atoms with Crippen LogP contribution in [-0.4, -0.2) is 24.6 Å². The summed E-state index contributed by atoms with van der Waals surface area (Å²) in [5, 5.41) is 0. The molecule has 1 aliphatic carbocycles. The van der Waals surface area contributed by atoms with Crippen LogP contribution in [0.2, 0.25) is 0 Å². The molecule has 276 valence electrons. The van der Waals surface area contributed by atoms with Gasteiger partial charge in [0.2, 0.25) is 0 Å². The quantitative estimate of drug-likeness (QED) is 0.145. The Balaban J connectivity index is 0.000000279. The molecule has 0 radical (unpaired) electrons. The molecule has 16 heteroatoms. The van der Waals surface area contributed by atoms with Gasteiger partial charge in [-0.25, -0.2) is 8.78 Å². The van der Waals surface area contributed by atoms with Crippen molar-refractivity contribution in [3.05, 3.63) is 94.0 Å². The summed E-state index contributed by atoms with van der Waals surface area (Å²) in [4.78, 5) is 11.0. The Morgan fingerprint density at radius 3 is 1.86 bits per heavy atom. The first kappa shape index (κ1) is 40.3. The minimum Gasteiger partial charge on any atom is -0.487 e. The van der Waals surface area contributed by atoms with Gasteiger partial charge in [0, 0.05) is 13.0 Å². The maximum atomic E-state index is 13.9. The fourth-order valence-electron chi connectivity index (χ4n) is 4.66. The summed E-state index contributed by atoms with van der Waals surface area (Å²) in [5.41, 5.74) is -2.22. The zero-order valence-electron chi connectivity index (χ0n) is 26.9. The lowest BCUT2D eigenvalue weighted by atomic mass is 9.93. The van der Waals surface area contributed by atoms with E-state index in [0.717, 1.165) is 31.9 Å². The average molecular weight is 733 g/mol. The van der Waals surface area contributed by atoms with Crippen molar-refractivity contribution in [3.63, 3.8) is 0 Å². The molecule has 50 heavy (non-hydrogen) atoms. The Morgan fingerprint density at radius 1 is 0.800 bits per heavy atom. The number of halogens is 12. The predicted octanol–water partition coefficient (Wildman–Crippen LogP) is 11.1. The van der Waals surface area contributed by atoms with Gasteiger partial charge in [0.1, 0.15) is 17.7 Å². The van der Waals surface area contributed by atoms with Gasteiger partial charge in [0.15, 0.2) is 11.6 Å². The standard InChI is InChI=1S/C20H18F6O2.C14H14F6O2/c1-11(13-2-5-17(22)18(9-13)27-15-3-4-15)6-12-7-14(21)10-16(8-12)28-20(25,26)19(23)24;1-7(2)12(22-8(3)21)9-4-10(13(15,16)17)6-11(5-9)14(18,19)20/h2,5,7-11,15,19H,3-4,6H2,1H3;4-7,12H,1-3H3. The summed E-state index contributed by atoms with van der Waals surface area (Å²) in [6, 6.07) is 8.37. The highest BCUT2D eigenvalue weighted by atomic mass is 19.4. The largest absolute Gasteiger partial charge is 0.487 e. The van der Waals surface area contributed by atoms with Gasteiger partial charge in [0.25, 0.3) is 0 Å². The van der Waals surface area contributed by atoms with E-state index in [9.17, 15) is 57.5 Å². The molecule has 0 saturated heterocycles. The maximum absolute atomic E-state index is 13.9. The van der Waals surface area contributed by atoms with Gasteiger partial charge in [-0.1, -0.05) is 26.8 Å². The van der Waals surface area contributed by atoms with E-state index in [1.807, 2.05) is 0 Å². The molecule has 0 N–H and O–H groups in total. The lowest BCUT2D eigenvalue weighted by molar-refractivity contribution is -0.253. The van der Waals surface area contributed by atoms with Crippen LogP contribution in [0.3, 0.4) is 0 Å². The molecular formula is C34H32F12O4. The van der Waals surface area contributed by atoms with E-state index >= 15 is 0 Å². The molecule has 2 unspecified atom stereocenters. The highest BCUT2D eigenvalue weighted by molar-refractivity contribution is 5.66. The van der Waals surface area contributed by atoms with Gasteiger partial charge in [-0.2, -0.15) is 43.9 Å². The second-order valence-corrected chi connectivity index (χ2v) is 12.0. The number of hydrogen-bond acceptors (Lipinski definition) is 4. The van der Waals surface area contributed by atoms with Crippen LogP contribution < -0.4 is 9.47 Å². The van der Waals surface area contributed by atoms with Crippen LogP contribution in [0.5, 0.6) is 11.5 Å². The number of carbonyl (C=O) groups is 1. The monoisotopic (exact) mass is 732 g/mol. The molecule has 0 aliphatic heterocycles. The van der Waals surface area contributed by atoms with Crippen LogP contribution in [0.1, 0.15) is 80.4 Å². The van der Waals surface area contributed by atoms with Gasteiger partial charge in [-0.15, -0.1) is 0 Å². The van der Waals surface area contributed by atoms with E-state index in [1.165, 1.54) is 19.9 Å². The third-order valence-electron chi connectivity index (χ3n) is 7.16. The first-order valence-electron chi connectivity index (χ1n) is 15.0. The van der Waals surface area contributed by atoms with Gasteiger partial charge >= 0.3 is 30.9 Å². The third kappa shape index (κ3) is 11.8. The molecule has 0 aromatic heterocycles. The molecule has 3 aromatic carbocycles. The second kappa shape index (κ2) is 15.8. The van der Waals surface area contributed by atoms with Crippen molar-refractivity contribution in [2.75, 3.05) is 0 Å². The molecule has 1 fully saturated rings. The molecule has 2 atom stereocenters. The second-order valence-electron chi connectivity index (χ2n) is 12.0. The Kier molecular flexibility index (Phi) is 12.8. The predicted molar refractivity (Wildman–Crippen MR) is 156 cm³/mol. The first-order valence-corrected chi connectivity index (χ1v) is 15.0. The highest BCUT2D eigenvalue weighted by Crippen LogP contribution is 2.39. The van der Waals surface area contributed by atoms with Crippen LogP contribution in [0, 0.1) is 17.6 Å². The Morgan fingerprint density at radius 2 is 1.38 bits per heavy atom. The fourth-order valence-corrected chi connectivity index (χ4v) is 4.66. The van der Waals surface area contributed by atoms with Gasteiger partial charge in [-0.3, -0.25) is 4.79 Å². The van der Waals surface area contributed by atoms with Gasteiger partial charge in [0.05, 0.1) is 17.2 Å². The molecular weight excluding hydrogens is 700 g/mol. The van der Waals surface area contributed by atoms with Crippen molar-refractivity contribution in [3.8, 4) is 11.5 Å². The van der Waals surface area contributed by atoms with Crippen molar-refractivity contribution < 1.29 is 71.7 Å². The minimum atomic E-state index is -4.94. The first-order chi connectivity index (χ1) is 23.0. The summed E-state index contributed by atoms with van der Waals surface area (Å²) < 4.78 is 169. The van der Waals surface area contributed by atoms with Crippen molar-refractivity contribution >= 4 is 5.97 Å². The third-order valence-corrected chi connectivity index (χ3v) is 7.16. The SMILES string of the molecule is CC(=O)OC(c1cc(C(F)(F)F)cc(C(F)(F)F)c1)C(C)C.CC(Cc1cc(F)cc(OC(F)(F)C(F)F)c1)c1ccc(F)c(OC2CC2)c1. The average Bonchev–Trinajstić information content (AvgIpc) is 3.79. The molecule has 4 nitrogen and oxygen atoms in total. The van der Waals surface area contributed by atoms with E-state index in [1.54, 1.807) is 19.1 Å².